The summed E-state index contributed by atoms with van der Waals surface area (Å²) < 4.78 is 28.8. The number of halogens is 2. The van der Waals surface area contributed by atoms with Crippen LogP contribution in [0.15, 0.2) is 60.9 Å². The molecule has 0 aliphatic carbocycles. The van der Waals surface area contributed by atoms with Crippen molar-refractivity contribution < 1.29 is 8.78 Å². The normalized spacial score (nSPS) is 11.3. The highest BCUT2D eigenvalue weighted by Gasteiger charge is 2.09. The number of hydrogen-bond donors (Lipinski definition) is 0. The second kappa shape index (κ2) is 6.24. The molecule has 112 valence electrons. The van der Waals surface area contributed by atoms with Crippen LogP contribution in [0, 0.1) is 23.0 Å². The molecule has 3 nitrogen and oxygen atoms in total. The monoisotopic (exact) mass is 307 g/mol. The van der Waals surface area contributed by atoms with Crippen molar-refractivity contribution in [3.63, 3.8) is 0 Å². The molecular weight excluding hydrogens is 296 g/mol. The molecule has 0 radical (unpaired) electrons. The molecule has 0 aliphatic rings. The highest BCUT2D eigenvalue weighted by Crippen LogP contribution is 2.22. The first-order chi connectivity index (χ1) is 11.2. The topological polar surface area (TPSA) is 41.6 Å². The van der Waals surface area contributed by atoms with Crippen molar-refractivity contribution in [1.29, 1.82) is 5.26 Å². The van der Waals surface area contributed by atoms with Crippen LogP contribution in [0.2, 0.25) is 0 Å². The zero-order chi connectivity index (χ0) is 16.2. The van der Waals surface area contributed by atoms with Crippen molar-refractivity contribution in [1.82, 2.24) is 9.78 Å². The summed E-state index contributed by atoms with van der Waals surface area (Å²) in [4.78, 5) is 0. The van der Waals surface area contributed by atoms with E-state index in [1.165, 1.54) is 6.08 Å². The fourth-order valence-electron chi connectivity index (χ4n) is 2.19. The molecule has 3 aromatic rings. The largest absolute Gasteiger partial charge is 0.241 e. The predicted octanol–water partition coefficient (Wildman–Crippen LogP) is 4.21. The molecule has 1 aromatic heterocycles. The van der Waals surface area contributed by atoms with Gasteiger partial charge in [0.1, 0.15) is 11.6 Å². The molecule has 0 aliphatic heterocycles. The van der Waals surface area contributed by atoms with Gasteiger partial charge in [-0.05, 0) is 48.0 Å². The van der Waals surface area contributed by atoms with E-state index in [1.54, 1.807) is 23.0 Å². The fraction of sp³-hybridized carbons (Fsp3) is 0. The third kappa shape index (κ3) is 3.16. The third-order valence-electron chi connectivity index (χ3n) is 3.31. The lowest BCUT2D eigenvalue weighted by atomic mass is 10.0. The highest BCUT2D eigenvalue weighted by molar-refractivity contribution is 5.89. The van der Waals surface area contributed by atoms with Gasteiger partial charge < -0.3 is 0 Å². The first-order valence-electron chi connectivity index (χ1n) is 6.84. The van der Waals surface area contributed by atoms with E-state index >= 15 is 0 Å². The van der Waals surface area contributed by atoms with Gasteiger partial charge in [-0.15, -0.1) is 0 Å². The molecule has 5 heteroatoms. The Balaban J connectivity index is 1.96. The minimum atomic E-state index is -0.632. The van der Waals surface area contributed by atoms with Crippen LogP contribution in [0.3, 0.4) is 0 Å². The first-order valence-corrected chi connectivity index (χ1v) is 6.84. The SMILES string of the molecule is N#CC(=Cc1ccc(-n2cccn2)cc1)c1cc(F)ccc1F. The number of allylic oxidation sites excluding steroid dienone is 1. The summed E-state index contributed by atoms with van der Waals surface area (Å²) in [5, 5.41) is 13.4. The van der Waals surface area contributed by atoms with Crippen LogP contribution in [-0.2, 0) is 0 Å². The van der Waals surface area contributed by atoms with Gasteiger partial charge in [-0.3, -0.25) is 0 Å². The molecule has 0 atom stereocenters. The lowest BCUT2D eigenvalue weighted by Crippen LogP contribution is -1.93. The number of rotatable bonds is 3. The summed E-state index contributed by atoms with van der Waals surface area (Å²) >= 11 is 0. The molecule has 0 saturated heterocycles. The van der Waals surface area contributed by atoms with Crippen LogP contribution in [0.5, 0.6) is 0 Å². The van der Waals surface area contributed by atoms with Gasteiger partial charge >= 0.3 is 0 Å². The molecule has 2 aromatic carbocycles. The quantitative estimate of drug-likeness (QED) is 0.537. The third-order valence-corrected chi connectivity index (χ3v) is 3.31. The molecule has 3 rings (SSSR count). The molecule has 1 heterocycles. The zero-order valence-electron chi connectivity index (χ0n) is 11.9. The Hall–Kier alpha value is -3.26. The first kappa shape index (κ1) is 14.7. The number of benzene rings is 2. The summed E-state index contributed by atoms with van der Waals surface area (Å²) in [5.74, 6) is -1.22. The van der Waals surface area contributed by atoms with Crippen LogP contribution in [-0.4, -0.2) is 9.78 Å². The molecular formula is C18H11F2N3. The van der Waals surface area contributed by atoms with Gasteiger partial charge in [0.15, 0.2) is 0 Å². The summed E-state index contributed by atoms with van der Waals surface area (Å²) in [6.45, 7) is 0. The van der Waals surface area contributed by atoms with E-state index in [4.69, 9.17) is 0 Å². The van der Waals surface area contributed by atoms with Gasteiger partial charge in [-0.1, -0.05) is 12.1 Å². The van der Waals surface area contributed by atoms with E-state index in [9.17, 15) is 14.0 Å². The molecule has 23 heavy (non-hydrogen) atoms. The van der Waals surface area contributed by atoms with Gasteiger partial charge in [-0.25, -0.2) is 13.5 Å². The number of nitrogens with zero attached hydrogens (tertiary/aromatic N) is 3. The maximum Gasteiger partial charge on any atom is 0.131 e. The minimum absolute atomic E-state index is 0.0522. The molecule has 0 saturated carbocycles. The van der Waals surface area contributed by atoms with Crippen molar-refractivity contribution in [2.75, 3.05) is 0 Å². The Bertz CT molecular complexity index is 889. The number of hydrogen-bond acceptors (Lipinski definition) is 2. The average Bonchev–Trinajstić information content (AvgIpc) is 3.10. The maximum atomic E-state index is 13.8. The highest BCUT2D eigenvalue weighted by atomic mass is 19.1. The molecule has 0 spiro atoms. The van der Waals surface area contributed by atoms with Gasteiger partial charge in [0.25, 0.3) is 0 Å². The van der Waals surface area contributed by atoms with Crippen LogP contribution in [0.25, 0.3) is 17.3 Å². The molecule has 0 fully saturated rings. The summed E-state index contributed by atoms with van der Waals surface area (Å²) in [6, 6.07) is 14.0. The average molecular weight is 307 g/mol. The summed E-state index contributed by atoms with van der Waals surface area (Å²) in [5.41, 5.74) is 1.58. The summed E-state index contributed by atoms with van der Waals surface area (Å²) in [6.07, 6.45) is 5.01. The maximum absolute atomic E-state index is 13.8. The van der Waals surface area contributed by atoms with Crippen LogP contribution in [0.1, 0.15) is 11.1 Å². The molecule has 0 N–H and O–H groups in total. The van der Waals surface area contributed by atoms with Crippen LogP contribution in [0.4, 0.5) is 8.78 Å². The Kier molecular flexibility index (Phi) is 3.98. The van der Waals surface area contributed by atoms with Crippen molar-refractivity contribution in [2.24, 2.45) is 0 Å². The standard InChI is InChI=1S/C18H11F2N3/c19-15-4-7-18(20)17(11-15)14(12-21)10-13-2-5-16(6-3-13)23-9-1-8-22-23/h1-11H. The number of nitriles is 1. The van der Waals surface area contributed by atoms with E-state index in [0.29, 0.717) is 5.56 Å². The van der Waals surface area contributed by atoms with E-state index in [0.717, 1.165) is 23.9 Å². The smallest absolute Gasteiger partial charge is 0.131 e. The second-order valence-corrected chi connectivity index (χ2v) is 4.84. The van der Waals surface area contributed by atoms with Gasteiger partial charge in [0.2, 0.25) is 0 Å². The second-order valence-electron chi connectivity index (χ2n) is 4.84. The Morgan fingerprint density at radius 3 is 2.57 bits per heavy atom. The minimum Gasteiger partial charge on any atom is -0.241 e. The lowest BCUT2D eigenvalue weighted by Gasteiger charge is -2.04. The van der Waals surface area contributed by atoms with E-state index < -0.39 is 11.6 Å². The number of aromatic nitrogens is 2. The van der Waals surface area contributed by atoms with E-state index in [2.05, 4.69) is 5.10 Å². The predicted molar refractivity (Wildman–Crippen MR) is 83.4 cm³/mol. The van der Waals surface area contributed by atoms with Crippen molar-refractivity contribution in [2.45, 2.75) is 0 Å². The van der Waals surface area contributed by atoms with Crippen LogP contribution < -0.4 is 0 Å². The molecule has 0 unspecified atom stereocenters. The van der Waals surface area contributed by atoms with Gasteiger partial charge in [-0.2, -0.15) is 10.4 Å². The van der Waals surface area contributed by atoms with Crippen molar-refractivity contribution in [3.05, 3.63) is 83.7 Å². The zero-order valence-corrected chi connectivity index (χ0v) is 11.9. The van der Waals surface area contributed by atoms with E-state index in [1.807, 2.05) is 30.5 Å². The Morgan fingerprint density at radius 2 is 1.91 bits per heavy atom. The fourth-order valence-corrected chi connectivity index (χ4v) is 2.19. The van der Waals surface area contributed by atoms with Gasteiger partial charge in [0, 0.05) is 18.0 Å². The van der Waals surface area contributed by atoms with Crippen LogP contribution >= 0.6 is 0 Å². The summed E-state index contributed by atoms with van der Waals surface area (Å²) in [7, 11) is 0. The lowest BCUT2D eigenvalue weighted by molar-refractivity contribution is 0.597. The van der Waals surface area contributed by atoms with Crippen molar-refractivity contribution >= 4 is 11.6 Å². The molecule has 0 bridgehead atoms. The Labute approximate surface area is 131 Å². The molecule has 0 amide bonds. The Morgan fingerprint density at radius 1 is 1.13 bits per heavy atom. The van der Waals surface area contributed by atoms with Crippen molar-refractivity contribution in [3.8, 4) is 11.8 Å². The van der Waals surface area contributed by atoms with E-state index in [-0.39, 0.29) is 11.1 Å². The van der Waals surface area contributed by atoms with Gasteiger partial charge in [0.05, 0.1) is 17.3 Å².